The molecule has 316 valence electrons. The summed E-state index contributed by atoms with van der Waals surface area (Å²) in [4.78, 5) is 36.4. The van der Waals surface area contributed by atoms with Gasteiger partial charge in [-0.05, 0) is 90.0 Å². The average molecular weight is 761 g/mol. The molecule has 0 aliphatic rings. The number of unbranched alkanes of at least 4 members (excludes halogenated alkanes) is 24. The average Bonchev–Trinajstić information content (AvgIpc) is 3.16. The molecule has 0 aromatic rings. The summed E-state index contributed by atoms with van der Waals surface area (Å²) in [6.45, 7) is 4.93. The molecule has 0 aromatic heterocycles. The molecule has 0 spiro atoms. The fourth-order valence-electron chi connectivity index (χ4n) is 7.01. The van der Waals surface area contributed by atoms with Crippen LogP contribution in [0.25, 0.3) is 0 Å². The monoisotopic (exact) mass is 761 g/mol. The maximum atomic E-state index is 12.8. The van der Waals surface area contributed by atoms with E-state index in [1.165, 1.54) is 128 Å². The third-order valence-electron chi connectivity index (χ3n) is 10.5. The molecule has 0 fully saturated rings. The SMILES string of the molecule is CCCCC/C=C\C/C=C\CCCCCCCCCC(=O)OC(CCCCCCCCCCCCC)CCCCCCCC(=O)NC(CCCN)C(=O)O. The van der Waals surface area contributed by atoms with E-state index >= 15 is 0 Å². The Balaban J connectivity index is 4.27. The quantitative estimate of drug-likeness (QED) is 0.0324. The molecule has 2 atom stereocenters. The van der Waals surface area contributed by atoms with Crippen LogP contribution in [0.4, 0.5) is 0 Å². The van der Waals surface area contributed by atoms with Crippen LogP contribution in [-0.2, 0) is 19.1 Å². The van der Waals surface area contributed by atoms with Crippen LogP contribution in [0.3, 0.4) is 0 Å². The van der Waals surface area contributed by atoms with Crippen molar-refractivity contribution in [2.75, 3.05) is 6.54 Å². The van der Waals surface area contributed by atoms with Crippen molar-refractivity contribution in [2.24, 2.45) is 5.73 Å². The zero-order valence-corrected chi connectivity index (χ0v) is 35.6. The Morgan fingerprint density at radius 1 is 0.537 bits per heavy atom. The number of amides is 1. The highest BCUT2D eigenvalue weighted by Crippen LogP contribution is 2.19. The molecule has 1 amide bonds. The Morgan fingerprint density at radius 3 is 1.46 bits per heavy atom. The van der Waals surface area contributed by atoms with Crippen molar-refractivity contribution in [3.8, 4) is 0 Å². The fourth-order valence-corrected chi connectivity index (χ4v) is 7.01. The van der Waals surface area contributed by atoms with Crippen molar-refractivity contribution in [3.05, 3.63) is 24.3 Å². The molecule has 0 radical (unpaired) electrons. The third-order valence-corrected chi connectivity index (χ3v) is 10.5. The minimum Gasteiger partial charge on any atom is -0.480 e. The van der Waals surface area contributed by atoms with Gasteiger partial charge in [0, 0.05) is 12.8 Å². The summed E-state index contributed by atoms with van der Waals surface area (Å²) in [7, 11) is 0. The lowest BCUT2D eigenvalue weighted by Crippen LogP contribution is -2.40. The van der Waals surface area contributed by atoms with Crippen LogP contribution in [-0.4, -0.2) is 41.6 Å². The Labute approximate surface area is 333 Å². The van der Waals surface area contributed by atoms with Crippen molar-refractivity contribution >= 4 is 17.8 Å². The highest BCUT2D eigenvalue weighted by molar-refractivity contribution is 5.83. The van der Waals surface area contributed by atoms with Crippen LogP contribution in [0.2, 0.25) is 0 Å². The number of carboxylic acids is 1. The van der Waals surface area contributed by atoms with Gasteiger partial charge in [-0.3, -0.25) is 9.59 Å². The van der Waals surface area contributed by atoms with Crippen molar-refractivity contribution in [1.29, 1.82) is 0 Å². The standard InChI is InChI=1S/C47H88N2O5/c1-3-5-7-9-11-13-15-16-17-18-19-20-22-24-26-31-35-41-46(51)54-43(37-32-28-25-23-21-14-12-10-8-6-4-2)38-33-29-27-30-34-40-45(50)49-44(47(52)53)39-36-42-48/h11,13,16-17,43-44H,3-10,12,14-15,18-42,48H2,1-2H3,(H,49,50)(H,52,53)/b13-11-,17-16-. The second-order valence-corrected chi connectivity index (χ2v) is 15.8. The van der Waals surface area contributed by atoms with Gasteiger partial charge in [0.05, 0.1) is 0 Å². The van der Waals surface area contributed by atoms with Gasteiger partial charge in [0.25, 0.3) is 0 Å². The lowest BCUT2D eigenvalue weighted by atomic mass is 10.0. The number of nitrogens with one attached hydrogen (secondary N) is 1. The summed E-state index contributed by atoms with van der Waals surface area (Å²) in [5.74, 6) is -1.23. The van der Waals surface area contributed by atoms with E-state index in [0.717, 1.165) is 70.6 Å². The van der Waals surface area contributed by atoms with Crippen LogP contribution in [0, 0.1) is 0 Å². The number of carbonyl (C=O) groups excluding carboxylic acids is 2. The Morgan fingerprint density at radius 2 is 0.963 bits per heavy atom. The minimum atomic E-state index is -1.00. The van der Waals surface area contributed by atoms with Gasteiger partial charge in [0.1, 0.15) is 12.1 Å². The first-order valence-corrected chi connectivity index (χ1v) is 23.2. The van der Waals surface area contributed by atoms with Gasteiger partial charge in [-0.15, -0.1) is 0 Å². The molecule has 7 nitrogen and oxygen atoms in total. The summed E-state index contributed by atoms with van der Waals surface area (Å²) in [6.07, 6.45) is 47.9. The molecule has 54 heavy (non-hydrogen) atoms. The third kappa shape index (κ3) is 38.1. The Hall–Kier alpha value is -2.15. The zero-order valence-electron chi connectivity index (χ0n) is 35.6. The van der Waals surface area contributed by atoms with Gasteiger partial charge in [-0.25, -0.2) is 4.79 Å². The molecule has 7 heteroatoms. The molecular weight excluding hydrogens is 673 g/mol. The predicted molar refractivity (Wildman–Crippen MR) is 230 cm³/mol. The van der Waals surface area contributed by atoms with Gasteiger partial charge in [-0.2, -0.15) is 0 Å². The van der Waals surface area contributed by atoms with E-state index in [1.807, 2.05) is 0 Å². The van der Waals surface area contributed by atoms with E-state index in [9.17, 15) is 19.5 Å². The lowest BCUT2D eigenvalue weighted by molar-refractivity contribution is -0.150. The maximum absolute atomic E-state index is 12.8. The summed E-state index contributed by atoms with van der Waals surface area (Å²) in [6, 6.07) is -0.855. The number of carbonyl (C=O) groups is 3. The highest BCUT2D eigenvalue weighted by atomic mass is 16.5. The van der Waals surface area contributed by atoms with Gasteiger partial charge in [0.15, 0.2) is 0 Å². The van der Waals surface area contributed by atoms with Crippen molar-refractivity contribution in [1.82, 2.24) is 5.32 Å². The molecule has 0 saturated heterocycles. The van der Waals surface area contributed by atoms with E-state index in [2.05, 4.69) is 43.5 Å². The van der Waals surface area contributed by atoms with Crippen LogP contribution < -0.4 is 11.1 Å². The summed E-state index contributed by atoms with van der Waals surface area (Å²) >= 11 is 0. The highest BCUT2D eigenvalue weighted by Gasteiger charge is 2.19. The number of aliphatic carboxylic acids is 1. The second kappa shape index (κ2) is 42.0. The first-order valence-electron chi connectivity index (χ1n) is 23.2. The van der Waals surface area contributed by atoms with Crippen LogP contribution in [0.5, 0.6) is 0 Å². The first-order chi connectivity index (χ1) is 26.4. The number of allylic oxidation sites excluding steroid dienone is 4. The van der Waals surface area contributed by atoms with Crippen molar-refractivity contribution < 1.29 is 24.2 Å². The second-order valence-electron chi connectivity index (χ2n) is 15.8. The number of carboxylic acid groups (broad SMARTS) is 1. The molecule has 2 unspecified atom stereocenters. The van der Waals surface area contributed by atoms with Gasteiger partial charge in [-0.1, -0.05) is 167 Å². The summed E-state index contributed by atoms with van der Waals surface area (Å²) in [5, 5.41) is 11.9. The number of rotatable bonds is 42. The number of ether oxygens (including phenoxy) is 1. The molecule has 0 aromatic carbocycles. The van der Waals surface area contributed by atoms with Gasteiger partial charge < -0.3 is 20.9 Å². The maximum Gasteiger partial charge on any atom is 0.326 e. The van der Waals surface area contributed by atoms with Crippen LogP contribution >= 0.6 is 0 Å². The van der Waals surface area contributed by atoms with E-state index in [4.69, 9.17) is 10.5 Å². The molecule has 0 bridgehead atoms. The number of hydrogen-bond donors (Lipinski definition) is 3. The van der Waals surface area contributed by atoms with E-state index < -0.39 is 12.0 Å². The smallest absolute Gasteiger partial charge is 0.326 e. The van der Waals surface area contributed by atoms with E-state index in [-0.39, 0.29) is 18.0 Å². The minimum absolute atomic E-state index is 0.0131. The molecule has 0 heterocycles. The largest absolute Gasteiger partial charge is 0.480 e. The predicted octanol–water partition coefficient (Wildman–Crippen LogP) is 13.2. The molecule has 0 aliphatic heterocycles. The van der Waals surface area contributed by atoms with E-state index in [0.29, 0.717) is 32.2 Å². The molecule has 0 saturated carbocycles. The number of nitrogens with two attached hydrogens (primary N) is 1. The Kier molecular flexibility index (Phi) is 40.3. The normalized spacial score (nSPS) is 12.8. The van der Waals surface area contributed by atoms with Gasteiger partial charge in [0.2, 0.25) is 5.91 Å². The topological polar surface area (TPSA) is 119 Å². The van der Waals surface area contributed by atoms with Gasteiger partial charge >= 0.3 is 11.9 Å². The Bertz CT molecular complexity index is 905. The number of esters is 1. The fraction of sp³-hybridized carbons (Fsp3) is 0.851. The van der Waals surface area contributed by atoms with Crippen molar-refractivity contribution in [3.63, 3.8) is 0 Å². The summed E-state index contributed by atoms with van der Waals surface area (Å²) in [5.41, 5.74) is 5.49. The molecule has 0 rings (SSSR count). The lowest BCUT2D eigenvalue weighted by Gasteiger charge is -2.18. The van der Waals surface area contributed by atoms with Crippen LogP contribution in [0.15, 0.2) is 24.3 Å². The van der Waals surface area contributed by atoms with E-state index in [1.54, 1.807) is 0 Å². The summed E-state index contributed by atoms with van der Waals surface area (Å²) < 4.78 is 6.06. The van der Waals surface area contributed by atoms with Crippen molar-refractivity contribution in [2.45, 2.75) is 251 Å². The molecule has 4 N–H and O–H groups in total. The number of hydrogen-bond acceptors (Lipinski definition) is 5. The first kappa shape index (κ1) is 51.9. The molecular formula is C47H88N2O5. The zero-order chi connectivity index (χ0) is 39.6. The van der Waals surface area contributed by atoms with Crippen LogP contribution in [0.1, 0.15) is 239 Å². The molecule has 0 aliphatic carbocycles.